The molecular weight excluding hydrogens is 238 g/mol. The van der Waals surface area contributed by atoms with Gasteiger partial charge in [0.1, 0.15) is 0 Å². The lowest BCUT2D eigenvalue weighted by molar-refractivity contribution is 0.102. The summed E-state index contributed by atoms with van der Waals surface area (Å²) in [5.74, 6) is 0. The average Bonchev–Trinajstić information content (AvgIpc) is 2.92. The second kappa shape index (κ2) is 8.31. The third kappa shape index (κ3) is 5.31. The Morgan fingerprint density at radius 2 is 2.26 bits per heavy atom. The quantitative estimate of drug-likeness (QED) is 0.732. The van der Waals surface area contributed by atoms with Gasteiger partial charge < -0.3 is 14.8 Å². The molecule has 1 unspecified atom stereocenters. The number of rotatable bonds is 8. The molecule has 1 aromatic carbocycles. The van der Waals surface area contributed by atoms with E-state index in [-0.39, 0.29) is 0 Å². The Labute approximate surface area is 116 Å². The van der Waals surface area contributed by atoms with Crippen LogP contribution in [0, 0.1) is 0 Å². The van der Waals surface area contributed by atoms with E-state index in [9.17, 15) is 0 Å². The highest BCUT2D eigenvalue weighted by Gasteiger charge is 2.14. The van der Waals surface area contributed by atoms with Crippen LogP contribution in [0.3, 0.4) is 0 Å². The minimum atomic E-state index is 0.520. The summed E-state index contributed by atoms with van der Waals surface area (Å²) in [5.41, 5.74) is 2.56. The van der Waals surface area contributed by atoms with Gasteiger partial charge in [0.2, 0.25) is 0 Å². The summed E-state index contributed by atoms with van der Waals surface area (Å²) in [7, 11) is 1.73. The molecule has 0 saturated carbocycles. The normalized spacial score (nSPS) is 18.9. The number of hydrogen-bond donors (Lipinski definition) is 1. The van der Waals surface area contributed by atoms with Gasteiger partial charge in [-0.15, -0.1) is 0 Å². The minimum absolute atomic E-state index is 0.520. The molecule has 1 heterocycles. The number of ether oxygens (including phenoxy) is 2. The molecule has 0 aromatic heterocycles. The SMILES string of the molecule is COCc1cccc(CNCCCC2CCCO2)c1. The van der Waals surface area contributed by atoms with Crippen molar-refractivity contribution in [2.75, 3.05) is 20.3 Å². The maximum Gasteiger partial charge on any atom is 0.0713 e. The van der Waals surface area contributed by atoms with Gasteiger partial charge in [-0.05, 0) is 43.4 Å². The van der Waals surface area contributed by atoms with E-state index in [0.717, 1.165) is 19.7 Å². The summed E-state index contributed by atoms with van der Waals surface area (Å²) in [6.07, 6.45) is 5.40. The fraction of sp³-hybridized carbons (Fsp3) is 0.625. The van der Waals surface area contributed by atoms with Crippen molar-refractivity contribution in [3.05, 3.63) is 35.4 Å². The van der Waals surface area contributed by atoms with E-state index in [1.165, 1.54) is 36.8 Å². The molecule has 1 saturated heterocycles. The highest BCUT2D eigenvalue weighted by Crippen LogP contribution is 2.16. The fourth-order valence-corrected chi connectivity index (χ4v) is 2.56. The van der Waals surface area contributed by atoms with Crippen molar-refractivity contribution >= 4 is 0 Å². The maximum absolute atomic E-state index is 5.62. The van der Waals surface area contributed by atoms with Crippen LogP contribution in [0.2, 0.25) is 0 Å². The van der Waals surface area contributed by atoms with Gasteiger partial charge in [-0.1, -0.05) is 24.3 Å². The zero-order valence-electron chi connectivity index (χ0n) is 11.9. The molecule has 2 rings (SSSR count). The first-order valence-corrected chi connectivity index (χ1v) is 7.27. The van der Waals surface area contributed by atoms with Gasteiger partial charge in [-0.25, -0.2) is 0 Å². The summed E-state index contributed by atoms with van der Waals surface area (Å²) in [5, 5.41) is 3.50. The van der Waals surface area contributed by atoms with Gasteiger partial charge in [0, 0.05) is 20.3 Å². The first-order valence-electron chi connectivity index (χ1n) is 7.27. The molecule has 3 heteroatoms. The first-order chi connectivity index (χ1) is 9.38. The van der Waals surface area contributed by atoms with Crippen molar-refractivity contribution in [3.8, 4) is 0 Å². The van der Waals surface area contributed by atoms with Crippen LogP contribution in [0.4, 0.5) is 0 Å². The summed E-state index contributed by atoms with van der Waals surface area (Å²) in [6.45, 7) is 3.65. The Kier molecular flexibility index (Phi) is 6.34. The van der Waals surface area contributed by atoms with Gasteiger partial charge in [-0.2, -0.15) is 0 Å². The number of methoxy groups -OCH3 is 1. The Balaban J connectivity index is 1.60. The van der Waals surface area contributed by atoms with Gasteiger partial charge in [-0.3, -0.25) is 0 Å². The zero-order chi connectivity index (χ0) is 13.3. The lowest BCUT2D eigenvalue weighted by Gasteiger charge is -2.10. The minimum Gasteiger partial charge on any atom is -0.380 e. The van der Waals surface area contributed by atoms with Gasteiger partial charge in [0.05, 0.1) is 12.7 Å². The zero-order valence-corrected chi connectivity index (χ0v) is 11.9. The molecule has 106 valence electrons. The predicted octanol–water partition coefficient (Wildman–Crippen LogP) is 2.88. The van der Waals surface area contributed by atoms with E-state index in [4.69, 9.17) is 9.47 Å². The van der Waals surface area contributed by atoms with E-state index in [0.29, 0.717) is 12.7 Å². The molecule has 1 aromatic rings. The highest BCUT2D eigenvalue weighted by atomic mass is 16.5. The molecule has 1 N–H and O–H groups in total. The monoisotopic (exact) mass is 263 g/mol. The van der Waals surface area contributed by atoms with E-state index in [1.807, 2.05) is 0 Å². The van der Waals surface area contributed by atoms with Gasteiger partial charge >= 0.3 is 0 Å². The van der Waals surface area contributed by atoms with E-state index >= 15 is 0 Å². The van der Waals surface area contributed by atoms with Gasteiger partial charge in [0.15, 0.2) is 0 Å². The van der Waals surface area contributed by atoms with E-state index < -0.39 is 0 Å². The lowest BCUT2D eigenvalue weighted by atomic mass is 10.1. The van der Waals surface area contributed by atoms with Crippen molar-refractivity contribution < 1.29 is 9.47 Å². The van der Waals surface area contributed by atoms with Crippen molar-refractivity contribution in [1.29, 1.82) is 0 Å². The van der Waals surface area contributed by atoms with Crippen molar-refractivity contribution in [2.45, 2.75) is 44.9 Å². The Morgan fingerprint density at radius 1 is 1.37 bits per heavy atom. The van der Waals surface area contributed by atoms with Crippen LogP contribution in [-0.4, -0.2) is 26.4 Å². The van der Waals surface area contributed by atoms with Crippen LogP contribution >= 0.6 is 0 Å². The lowest BCUT2D eigenvalue weighted by Crippen LogP contribution is -2.17. The predicted molar refractivity (Wildman–Crippen MR) is 77.1 cm³/mol. The second-order valence-electron chi connectivity index (χ2n) is 5.21. The second-order valence-corrected chi connectivity index (χ2v) is 5.21. The number of nitrogens with one attached hydrogen (secondary N) is 1. The van der Waals surface area contributed by atoms with Crippen LogP contribution in [0.5, 0.6) is 0 Å². The van der Waals surface area contributed by atoms with E-state index in [2.05, 4.69) is 29.6 Å². The molecule has 1 aliphatic heterocycles. The Hall–Kier alpha value is -0.900. The Bertz CT molecular complexity index is 362. The average molecular weight is 263 g/mol. The Morgan fingerprint density at radius 3 is 3.05 bits per heavy atom. The maximum atomic E-state index is 5.62. The van der Waals surface area contributed by atoms with Crippen molar-refractivity contribution in [3.63, 3.8) is 0 Å². The molecule has 1 aliphatic rings. The van der Waals surface area contributed by atoms with Crippen LogP contribution in [0.15, 0.2) is 24.3 Å². The third-order valence-corrected chi connectivity index (χ3v) is 3.54. The largest absolute Gasteiger partial charge is 0.380 e. The van der Waals surface area contributed by atoms with E-state index in [1.54, 1.807) is 7.11 Å². The molecule has 0 radical (unpaired) electrons. The molecule has 19 heavy (non-hydrogen) atoms. The molecule has 1 fully saturated rings. The summed E-state index contributed by atoms with van der Waals surface area (Å²) in [4.78, 5) is 0. The summed E-state index contributed by atoms with van der Waals surface area (Å²) < 4.78 is 10.8. The van der Waals surface area contributed by atoms with Gasteiger partial charge in [0.25, 0.3) is 0 Å². The van der Waals surface area contributed by atoms with Crippen molar-refractivity contribution in [2.24, 2.45) is 0 Å². The van der Waals surface area contributed by atoms with Crippen LogP contribution in [0.25, 0.3) is 0 Å². The summed E-state index contributed by atoms with van der Waals surface area (Å²) in [6, 6.07) is 8.56. The third-order valence-electron chi connectivity index (χ3n) is 3.54. The number of benzene rings is 1. The molecule has 0 amide bonds. The fourth-order valence-electron chi connectivity index (χ4n) is 2.56. The smallest absolute Gasteiger partial charge is 0.0713 e. The molecule has 0 aliphatic carbocycles. The molecule has 0 spiro atoms. The molecule has 3 nitrogen and oxygen atoms in total. The molecule has 0 bridgehead atoms. The van der Waals surface area contributed by atoms with Crippen LogP contribution in [-0.2, 0) is 22.6 Å². The topological polar surface area (TPSA) is 30.5 Å². The summed E-state index contributed by atoms with van der Waals surface area (Å²) >= 11 is 0. The molecular formula is C16H25NO2. The highest BCUT2D eigenvalue weighted by molar-refractivity contribution is 5.22. The standard InChI is InChI=1S/C16H25NO2/c1-18-13-15-6-2-5-14(11-15)12-17-9-3-7-16-8-4-10-19-16/h2,5-6,11,16-17H,3-4,7-10,12-13H2,1H3. The van der Waals surface area contributed by atoms with Crippen LogP contribution in [0.1, 0.15) is 36.8 Å². The first kappa shape index (κ1) is 14.5. The molecule has 1 atom stereocenters. The van der Waals surface area contributed by atoms with Crippen molar-refractivity contribution in [1.82, 2.24) is 5.32 Å². The van der Waals surface area contributed by atoms with Crippen LogP contribution < -0.4 is 5.32 Å². The number of hydrogen-bond acceptors (Lipinski definition) is 3.